The van der Waals surface area contributed by atoms with E-state index in [0.29, 0.717) is 23.2 Å². The van der Waals surface area contributed by atoms with Crippen molar-refractivity contribution in [1.82, 2.24) is 0 Å². The smallest absolute Gasteiger partial charge is 0.305 e. The fourth-order valence-corrected chi connectivity index (χ4v) is 8.26. The normalized spacial score (nSPS) is 46.9. The van der Waals surface area contributed by atoms with Crippen molar-refractivity contribution < 1.29 is 9.53 Å². The van der Waals surface area contributed by atoms with Crippen LogP contribution >= 0.6 is 0 Å². The molecule has 3 saturated carbocycles. The molecule has 4 aliphatic carbocycles. The lowest BCUT2D eigenvalue weighted by molar-refractivity contribution is -0.141. The lowest BCUT2D eigenvalue weighted by Crippen LogP contribution is -2.50. The molecule has 4 rings (SSSR count). The standard InChI is InChI=1S/C25H40O2/c1-17(8-13-23(26)27-4)20-11-12-21-19-10-9-18-7-5-6-15-24(18,2)22(19)14-16-25(20,21)3/h14,16-22H,5-13,15H2,1-4H3/t17-,18?,19+,20-,21+,22+,24+,25-/m1/s1. The van der Waals surface area contributed by atoms with Crippen LogP contribution in [0.2, 0.25) is 0 Å². The molecule has 152 valence electrons. The summed E-state index contributed by atoms with van der Waals surface area (Å²) < 4.78 is 4.87. The van der Waals surface area contributed by atoms with E-state index in [2.05, 4.69) is 32.9 Å². The zero-order chi connectivity index (χ0) is 19.2. The van der Waals surface area contributed by atoms with Crippen LogP contribution in [0, 0.1) is 46.3 Å². The summed E-state index contributed by atoms with van der Waals surface area (Å²) in [6, 6.07) is 0. The topological polar surface area (TPSA) is 26.3 Å². The van der Waals surface area contributed by atoms with E-state index >= 15 is 0 Å². The first kappa shape index (κ1) is 19.5. The van der Waals surface area contributed by atoms with E-state index < -0.39 is 0 Å². The fraction of sp³-hybridized carbons (Fsp3) is 0.880. The van der Waals surface area contributed by atoms with Crippen LogP contribution in [-0.2, 0) is 9.53 Å². The molecule has 0 aromatic rings. The molecule has 2 nitrogen and oxygen atoms in total. The van der Waals surface area contributed by atoms with Crippen LogP contribution in [0.5, 0.6) is 0 Å². The molecule has 8 atom stereocenters. The van der Waals surface area contributed by atoms with Gasteiger partial charge in [-0.15, -0.1) is 0 Å². The predicted molar refractivity (Wildman–Crippen MR) is 110 cm³/mol. The van der Waals surface area contributed by atoms with Gasteiger partial charge in [-0.2, -0.15) is 0 Å². The minimum atomic E-state index is -0.0515. The van der Waals surface area contributed by atoms with Crippen LogP contribution < -0.4 is 0 Å². The van der Waals surface area contributed by atoms with Crippen LogP contribution in [0.15, 0.2) is 12.2 Å². The Balaban J connectivity index is 1.54. The number of ether oxygens (including phenoxy) is 1. The van der Waals surface area contributed by atoms with E-state index in [-0.39, 0.29) is 5.97 Å². The zero-order valence-corrected chi connectivity index (χ0v) is 18.0. The number of rotatable bonds is 4. The third-order valence-electron chi connectivity index (χ3n) is 9.81. The van der Waals surface area contributed by atoms with Gasteiger partial charge < -0.3 is 4.74 Å². The van der Waals surface area contributed by atoms with Gasteiger partial charge in [0.25, 0.3) is 0 Å². The molecule has 1 unspecified atom stereocenters. The van der Waals surface area contributed by atoms with Gasteiger partial charge in [0.1, 0.15) is 0 Å². The first-order valence-corrected chi connectivity index (χ1v) is 11.7. The molecular formula is C25H40O2. The molecular weight excluding hydrogens is 332 g/mol. The molecule has 0 spiro atoms. The Morgan fingerprint density at radius 1 is 1.15 bits per heavy atom. The number of methoxy groups -OCH3 is 1. The number of allylic oxidation sites excluding steroid dienone is 2. The van der Waals surface area contributed by atoms with E-state index in [4.69, 9.17) is 4.74 Å². The maximum Gasteiger partial charge on any atom is 0.305 e. The second-order valence-corrected chi connectivity index (χ2v) is 10.8. The van der Waals surface area contributed by atoms with Crippen molar-refractivity contribution in [2.45, 2.75) is 85.0 Å². The van der Waals surface area contributed by atoms with Crippen LogP contribution in [0.4, 0.5) is 0 Å². The highest BCUT2D eigenvalue weighted by Gasteiger charge is 2.58. The van der Waals surface area contributed by atoms with Gasteiger partial charge in [-0.3, -0.25) is 4.79 Å². The van der Waals surface area contributed by atoms with Crippen LogP contribution in [0.1, 0.15) is 85.0 Å². The van der Waals surface area contributed by atoms with E-state index in [9.17, 15) is 4.79 Å². The van der Waals surface area contributed by atoms with Gasteiger partial charge in [0.2, 0.25) is 0 Å². The molecule has 0 heterocycles. The average Bonchev–Trinajstić information content (AvgIpc) is 3.02. The van der Waals surface area contributed by atoms with Crippen molar-refractivity contribution in [2.75, 3.05) is 7.11 Å². The van der Waals surface area contributed by atoms with Crippen LogP contribution in [0.3, 0.4) is 0 Å². The third kappa shape index (κ3) is 3.10. The van der Waals surface area contributed by atoms with Crippen LogP contribution in [0.25, 0.3) is 0 Å². The number of carbonyl (C=O) groups is 1. The lowest BCUT2D eigenvalue weighted by Gasteiger charge is -2.58. The summed E-state index contributed by atoms with van der Waals surface area (Å²) in [5.74, 6) is 4.82. The first-order chi connectivity index (χ1) is 12.9. The summed E-state index contributed by atoms with van der Waals surface area (Å²) in [6.07, 6.45) is 18.4. The van der Waals surface area contributed by atoms with Gasteiger partial charge in [-0.05, 0) is 91.3 Å². The minimum absolute atomic E-state index is 0.0515. The highest BCUT2D eigenvalue weighted by molar-refractivity contribution is 5.69. The van der Waals surface area contributed by atoms with Gasteiger partial charge >= 0.3 is 5.97 Å². The summed E-state index contributed by atoms with van der Waals surface area (Å²) in [6.45, 7) is 7.55. The summed E-state index contributed by atoms with van der Waals surface area (Å²) in [4.78, 5) is 11.6. The molecule has 0 bridgehead atoms. The highest BCUT2D eigenvalue weighted by atomic mass is 16.5. The SMILES string of the molecule is COC(=O)CC[C@@H](C)[C@H]1CC[C@H]2[C@@H]3CCC4CCCC[C@]4(C)[C@H]3C=C[C@]12C. The van der Waals surface area contributed by atoms with Gasteiger partial charge in [0, 0.05) is 6.42 Å². The molecule has 27 heavy (non-hydrogen) atoms. The molecule has 0 aromatic carbocycles. The van der Waals surface area contributed by atoms with Gasteiger partial charge in [-0.1, -0.05) is 45.8 Å². The number of hydrogen-bond acceptors (Lipinski definition) is 2. The van der Waals surface area contributed by atoms with E-state index in [0.717, 1.165) is 36.0 Å². The number of hydrogen-bond donors (Lipinski definition) is 0. The van der Waals surface area contributed by atoms with Crippen molar-refractivity contribution in [3.63, 3.8) is 0 Å². The summed E-state index contributed by atoms with van der Waals surface area (Å²) in [5, 5.41) is 0. The molecule has 0 aromatic heterocycles. The van der Waals surface area contributed by atoms with Crippen molar-refractivity contribution >= 4 is 5.97 Å². The van der Waals surface area contributed by atoms with E-state index in [1.54, 1.807) is 0 Å². The molecule has 0 saturated heterocycles. The van der Waals surface area contributed by atoms with E-state index in [1.165, 1.54) is 58.5 Å². The maximum absolute atomic E-state index is 11.6. The Labute approximate surface area is 166 Å². The summed E-state index contributed by atoms with van der Waals surface area (Å²) >= 11 is 0. The zero-order valence-electron chi connectivity index (χ0n) is 18.0. The van der Waals surface area contributed by atoms with E-state index in [1.807, 2.05) is 0 Å². The lowest BCUT2D eigenvalue weighted by atomic mass is 9.46. The Bertz CT molecular complexity index is 595. The Morgan fingerprint density at radius 3 is 2.74 bits per heavy atom. The number of esters is 1. The maximum atomic E-state index is 11.6. The van der Waals surface area contributed by atoms with Crippen molar-refractivity contribution in [3.8, 4) is 0 Å². The summed E-state index contributed by atoms with van der Waals surface area (Å²) in [5.41, 5.74) is 0.905. The monoisotopic (exact) mass is 372 g/mol. The molecule has 0 radical (unpaired) electrons. The van der Waals surface area contributed by atoms with Crippen molar-refractivity contribution in [3.05, 3.63) is 12.2 Å². The molecule has 3 fully saturated rings. The van der Waals surface area contributed by atoms with Gasteiger partial charge in [0.15, 0.2) is 0 Å². The second-order valence-electron chi connectivity index (χ2n) is 10.8. The average molecular weight is 373 g/mol. The fourth-order valence-electron chi connectivity index (χ4n) is 8.26. The Hall–Kier alpha value is -0.790. The van der Waals surface area contributed by atoms with Gasteiger partial charge in [-0.25, -0.2) is 0 Å². The molecule has 0 aliphatic heterocycles. The Morgan fingerprint density at radius 2 is 1.96 bits per heavy atom. The van der Waals surface area contributed by atoms with Crippen molar-refractivity contribution in [1.29, 1.82) is 0 Å². The predicted octanol–water partition coefficient (Wildman–Crippen LogP) is 6.40. The summed E-state index contributed by atoms with van der Waals surface area (Å²) in [7, 11) is 1.51. The van der Waals surface area contributed by atoms with Crippen molar-refractivity contribution in [2.24, 2.45) is 46.3 Å². The molecule has 0 N–H and O–H groups in total. The third-order valence-corrected chi connectivity index (χ3v) is 9.81. The number of carbonyl (C=O) groups excluding carboxylic acids is 1. The van der Waals surface area contributed by atoms with Gasteiger partial charge in [0.05, 0.1) is 7.11 Å². The first-order valence-electron chi connectivity index (χ1n) is 11.7. The minimum Gasteiger partial charge on any atom is -0.469 e. The molecule has 4 aliphatic rings. The molecule has 2 heteroatoms. The molecule has 0 amide bonds. The highest BCUT2D eigenvalue weighted by Crippen LogP contribution is 2.66. The Kier molecular flexibility index (Phi) is 5.23. The quantitative estimate of drug-likeness (QED) is 0.421. The van der Waals surface area contributed by atoms with Crippen LogP contribution in [-0.4, -0.2) is 13.1 Å². The second kappa shape index (κ2) is 7.23. The largest absolute Gasteiger partial charge is 0.469 e. The number of fused-ring (bicyclic) bond motifs is 5.